The number of hydrogen-bond acceptors (Lipinski definition) is 7. The number of benzene rings is 2. The summed E-state index contributed by atoms with van der Waals surface area (Å²) in [5, 5.41) is 3.28. The van der Waals surface area contributed by atoms with Gasteiger partial charge in [-0.15, -0.1) is 0 Å². The van der Waals surface area contributed by atoms with E-state index < -0.39 is 3.68 Å². The van der Waals surface area contributed by atoms with E-state index in [0.717, 1.165) is 34.1 Å². The maximum atomic E-state index is 14.3. The number of aromatic nitrogens is 2. The van der Waals surface area contributed by atoms with Gasteiger partial charge in [0.1, 0.15) is 24.7 Å². The Morgan fingerprint density at radius 1 is 0.971 bits per heavy atom. The molecule has 6 bridgehead atoms. The molecule has 1 N–H and O–H groups in total. The molecule has 0 aliphatic carbocycles. The normalized spacial score (nSPS) is 18.1. The number of piperidine rings is 1. The fraction of sp³-hybridized carbons (Fsp3) is 0.360. The third-order valence-corrected chi connectivity index (χ3v) is 6.90. The molecule has 0 saturated carbocycles. The van der Waals surface area contributed by atoms with E-state index in [-0.39, 0.29) is 0 Å². The molecule has 34 heavy (non-hydrogen) atoms. The molecular formula is C25H26FIN4O3. The van der Waals surface area contributed by atoms with E-state index in [0.29, 0.717) is 58.3 Å². The van der Waals surface area contributed by atoms with Gasteiger partial charge in [0.2, 0.25) is 5.95 Å². The fourth-order valence-electron chi connectivity index (χ4n) is 4.03. The summed E-state index contributed by atoms with van der Waals surface area (Å²) in [5.74, 6) is 1.97. The number of rotatable bonds is 1. The number of halogens is 2. The van der Waals surface area contributed by atoms with Crippen molar-refractivity contribution < 1.29 is 18.6 Å². The van der Waals surface area contributed by atoms with Crippen LogP contribution in [0.2, 0.25) is 0 Å². The van der Waals surface area contributed by atoms with Gasteiger partial charge in [-0.25, -0.2) is 14.4 Å². The lowest BCUT2D eigenvalue weighted by Gasteiger charge is -2.35. The summed E-state index contributed by atoms with van der Waals surface area (Å²) in [6.07, 6.45) is 2.70. The Bertz CT molecular complexity index is 1140. The second-order valence-electron chi connectivity index (χ2n) is 8.25. The van der Waals surface area contributed by atoms with Crippen LogP contribution in [0, 0.1) is 0 Å². The minimum absolute atomic E-state index is 0.394. The lowest BCUT2D eigenvalue weighted by Crippen LogP contribution is -2.38. The Balaban J connectivity index is 1.44. The summed E-state index contributed by atoms with van der Waals surface area (Å²) >= 11 is 1.92. The topological polar surface area (TPSA) is 68.7 Å². The van der Waals surface area contributed by atoms with E-state index in [4.69, 9.17) is 14.2 Å². The van der Waals surface area contributed by atoms with Gasteiger partial charge in [0, 0.05) is 49.4 Å². The minimum atomic E-state index is -1.14. The van der Waals surface area contributed by atoms with E-state index >= 15 is 0 Å². The Hall–Kier alpha value is -2.66. The smallest absolute Gasteiger partial charge is 0.227 e. The maximum Gasteiger partial charge on any atom is 0.227 e. The van der Waals surface area contributed by atoms with E-state index in [1.807, 2.05) is 71.1 Å². The Morgan fingerprint density at radius 2 is 1.79 bits per heavy atom. The highest BCUT2D eigenvalue weighted by molar-refractivity contribution is 14.1. The van der Waals surface area contributed by atoms with Crippen molar-refractivity contribution in [3.8, 4) is 22.8 Å². The van der Waals surface area contributed by atoms with Gasteiger partial charge in [-0.2, -0.15) is 0 Å². The molecule has 0 amide bonds. The predicted molar refractivity (Wildman–Crippen MR) is 138 cm³/mol. The second-order valence-corrected chi connectivity index (χ2v) is 10.2. The number of nitrogens with zero attached hydrogens (tertiary/aromatic N) is 3. The second kappa shape index (κ2) is 10.3. The molecule has 7 nitrogen and oxygen atoms in total. The average Bonchev–Trinajstić information content (AvgIpc) is 2.84. The van der Waals surface area contributed by atoms with Crippen molar-refractivity contribution in [1.82, 2.24) is 9.97 Å². The highest BCUT2D eigenvalue weighted by Gasteiger charge is 2.32. The van der Waals surface area contributed by atoms with Gasteiger partial charge in [0.15, 0.2) is 3.68 Å². The average molecular weight is 576 g/mol. The zero-order valence-electron chi connectivity index (χ0n) is 18.7. The van der Waals surface area contributed by atoms with Crippen LogP contribution in [0.4, 0.5) is 21.7 Å². The van der Waals surface area contributed by atoms with Gasteiger partial charge in [-0.05, 0) is 52.9 Å². The van der Waals surface area contributed by atoms with Crippen LogP contribution in [0.25, 0.3) is 11.3 Å². The molecule has 2 aliphatic heterocycles. The third-order valence-electron chi connectivity index (χ3n) is 5.82. The molecule has 0 unspecified atom stereocenters. The van der Waals surface area contributed by atoms with E-state index in [1.54, 1.807) is 6.20 Å². The summed E-state index contributed by atoms with van der Waals surface area (Å²) in [5.41, 5.74) is 3.49. The van der Waals surface area contributed by atoms with Crippen LogP contribution >= 0.6 is 22.6 Å². The van der Waals surface area contributed by atoms with Crippen LogP contribution in [-0.4, -0.2) is 53.2 Å². The van der Waals surface area contributed by atoms with Crippen molar-refractivity contribution in [2.75, 3.05) is 49.7 Å². The van der Waals surface area contributed by atoms with Crippen LogP contribution in [-0.2, 0) is 4.74 Å². The van der Waals surface area contributed by atoms with Gasteiger partial charge in [0.25, 0.3) is 0 Å². The van der Waals surface area contributed by atoms with E-state index in [9.17, 15) is 4.39 Å². The first-order valence-electron chi connectivity index (χ1n) is 11.4. The number of anilines is 3. The maximum absolute atomic E-state index is 14.3. The van der Waals surface area contributed by atoms with Crippen LogP contribution in [0.15, 0.2) is 54.7 Å². The lowest BCUT2D eigenvalue weighted by atomic mass is 10.1. The highest BCUT2D eigenvalue weighted by atomic mass is 127. The highest BCUT2D eigenvalue weighted by Crippen LogP contribution is 2.39. The van der Waals surface area contributed by atoms with Gasteiger partial charge in [-0.3, -0.25) is 0 Å². The summed E-state index contributed by atoms with van der Waals surface area (Å²) in [6.45, 7) is 3.01. The molecule has 2 aromatic carbocycles. The van der Waals surface area contributed by atoms with Gasteiger partial charge >= 0.3 is 0 Å². The molecule has 1 saturated heterocycles. The summed E-state index contributed by atoms with van der Waals surface area (Å²) in [6, 6.07) is 15.6. The predicted octanol–water partition coefficient (Wildman–Crippen LogP) is 5.38. The Kier molecular flexibility index (Phi) is 7.00. The van der Waals surface area contributed by atoms with Crippen molar-refractivity contribution in [2.45, 2.75) is 16.5 Å². The van der Waals surface area contributed by atoms with Gasteiger partial charge in [-0.1, -0.05) is 12.1 Å². The largest absolute Gasteiger partial charge is 0.491 e. The molecule has 5 rings (SSSR count). The minimum Gasteiger partial charge on any atom is -0.491 e. The zero-order valence-corrected chi connectivity index (χ0v) is 20.8. The summed E-state index contributed by atoms with van der Waals surface area (Å²) < 4.78 is 30.8. The SMILES string of the molecule is FC1(I)CCN(c2ccc3cc2OCCOCCOc2cccc(c2)-c2ccnc(n2)N3)CC1. The van der Waals surface area contributed by atoms with Crippen molar-refractivity contribution in [3.63, 3.8) is 0 Å². The van der Waals surface area contributed by atoms with Gasteiger partial charge < -0.3 is 24.4 Å². The van der Waals surface area contributed by atoms with Crippen LogP contribution < -0.4 is 19.7 Å². The quantitative estimate of drug-likeness (QED) is 0.309. The Morgan fingerprint density at radius 3 is 2.65 bits per heavy atom. The summed E-state index contributed by atoms with van der Waals surface area (Å²) in [7, 11) is 0. The molecular weight excluding hydrogens is 550 g/mol. The zero-order chi connectivity index (χ0) is 23.4. The van der Waals surface area contributed by atoms with E-state index in [2.05, 4.69) is 20.2 Å². The molecule has 1 aromatic heterocycles. The fourth-order valence-corrected chi connectivity index (χ4v) is 4.51. The Labute approximate surface area is 211 Å². The molecule has 0 radical (unpaired) electrons. The van der Waals surface area contributed by atoms with Crippen LogP contribution in [0.1, 0.15) is 12.8 Å². The lowest BCUT2D eigenvalue weighted by molar-refractivity contribution is 0.0765. The molecule has 9 heteroatoms. The number of fused-ring (bicyclic) bond motifs is 7. The number of ether oxygens (including phenoxy) is 3. The monoisotopic (exact) mass is 576 g/mol. The first kappa shape index (κ1) is 23.1. The molecule has 178 valence electrons. The first-order valence-corrected chi connectivity index (χ1v) is 12.4. The number of hydrogen-bond donors (Lipinski definition) is 1. The summed E-state index contributed by atoms with van der Waals surface area (Å²) in [4.78, 5) is 11.2. The molecule has 2 aliphatic rings. The van der Waals surface area contributed by atoms with Crippen molar-refractivity contribution in [3.05, 3.63) is 54.7 Å². The van der Waals surface area contributed by atoms with E-state index in [1.165, 1.54) is 0 Å². The van der Waals surface area contributed by atoms with Crippen molar-refractivity contribution in [1.29, 1.82) is 0 Å². The molecule has 3 aromatic rings. The molecule has 0 atom stereocenters. The molecule has 1 fully saturated rings. The van der Waals surface area contributed by atoms with Crippen molar-refractivity contribution in [2.24, 2.45) is 0 Å². The number of nitrogens with one attached hydrogen (secondary N) is 1. The van der Waals surface area contributed by atoms with Crippen molar-refractivity contribution >= 4 is 39.9 Å². The third kappa shape index (κ3) is 5.69. The molecule has 3 heterocycles. The molecule has 0 spiro atoms. The van der Waals surface area contributed by atoms with Gasteiger partial charge in [0.05, 0.1) is 24.6 Å². The van der Waals surface area contributed by atoms with Crippen LogP contribution in [0.5, 0.6) is 11.5 Å². The first-order chi connectivity index (χ1) is 16.6. The number of alkyl halides is 2. The standard InChI is InChI=1S/C25H26FIN4O3/c26-25(27)7-10-31(11-8-25)22-5-4-19-17-23(22)34-15-13-32-12-14-33-20-3-1-2-18(16-20)21-6-9-28-24(29-19)30-21/h1-6,9,16-17H,7-8,10-15H2,(H,28,29,30). The van der Waals surface area contributed by atoms with Crippen LogP contribution in [0.3, 0.4) is 0 Å².